The summed E-state index contributed by atoms with van der Waals surface area (Å²) in [4.78, 5) is 29.9. The molecule has 1 fully saturated rings. The number of aryl methyl sites for hydroxylation is 1. The van der Waals surface area contributed by atoms with E-state index in [-0.39, 0.29) is 18.0 Å². The molecule has 1 aromatic heterocycles. The molecule has 0 unspecified atom stereocenters. The maximum atomic E-state index is 12.4. The number of aromatic amines is 1. The minimum absolute atomic E-state index is 0.170. The Bertz CT molecular complexity index is 1030. The van der Waals surface area contributed by atoms with Gasteiger partial charge < -0.3 is 15.2 Å². The van der Waals surface area contributed by atoms with Crippen molar-refractivity contribution >= 4 is 22.5 Å². The second-order valence-corrected chi connectivity index (χ2v) is 7.14. The Hall–Kier alpha value is -3.08. The molecule has 2 N–H and O–H groups in total. The van der Waals surface area contributed by atoms with Crippen LogP contribution in [0.5, 0.6) is 0 Å². The molecule has 1 saturated heterocycles. The minimum Gasteiger partial charge on any atom is -0.372 e. The van der Waals surface area contributed by atoms with Crippen LogP contribution in [0.15, 0.2) is 53.3 Å². The van der Waals surface area contributed by atoms with Gasteiger partial charge in [0.1, 0.15) is 0 Å². The average Bonchev–Trinajstić information content (AvgIpc) is 3.21. The molecule has 0 radical (unpaired) electrons. The van der Waals surface area contributed by atoms with Gasteiger partial charge in [0.2, 0.25) is 0 Å². The number of aromatic nitrogens is 1. The normalized spacial score (nSPS) is 13.9. The number of hydrogen-bond donors (Lipinski definition) is 2. The number of carbonyl (C=O) groups is 1. The van der Waals surface area contributed by atoms with Gasteiger partial charge in [-0.3, -0.25) is 9.59 Å². The zero-order valence-electron chi connectivity index (χ0n) is 15.4. The fourth-order valence-electron chi connectivity index (χ4n) is 3.58. The molecule has 0 spiro atoms. The average molecular weight is 361 g/mol. The second kappa shape index (κ2) is 7.27. The van der Waals surface area contributed by atoms with Gasteiger partial charge in [-0.15, -0.1) is 0 Å². The summed E-state index contributed by atoms with van der Waals surface area (Å²) in [6.45, 7) is 4.37. The van der Waals surface area contributed by atoms with E-state index in [1.807, 2.05) is 55.5 Å². The standard InChI is InChI=1S/C22H23N3O2/c1-15-4-9-20-17(12-15)13-18(22(27)24-20)14-23-21(26)16-5-7-19(8-6-16)25-10-2-3-11-25/h4-9,12-13H,2-3,10-11,14H2,1H3,(H,23,26)(H,24,27). The first-order valence-corrected chi connectivity index (χ1v) is 9.36. The van der Waals surface area contributed by atoms with Crippen LogP contribution in [0.3, 0.4) is 0 Å². The van der Waals surface area contributed by atoms with Gasteiger partial charge in [-0.2, -0.15) is 0 Å². The number of amides is 1. The van der Waals surface area contributed by atoms with Crippen molar-refractivity contribution in [3.63, 3.8) is 0 Å². The van der Waals surface area contributed by atoms with Crippen molar-refractivity contribution < 1.29 is 4.79 Å². The Balaban J connectivity index is 1.46. The number of pyridine rings is 1. The lowest BCUT2D eigenvalue weighted by atomic mass is 10.1. The SMILES string of the molecule is Cc1ccc2[nH]c(=O)c(CNC(=O)c3ccc(N4CCCC4)cc3)cc2c1. The first-order valence-electron chi connectivity index (χ1n) is 9.36. The molecule has 1 aliphatic rings. The van der Waals surface area contributed by atoms with Gasteiger partial charge >= 0.3 is 0 Å². The quantitative estimate of drug-likeness (QED) is 0.749. The first kappa shape index (κ1) is 17.3. The smallest absolute Gasteiger partial charge is 0.253 e. The molecule has 0 bridgehead atoms. The van der Waals surface area contributed by atoms with E-state index < -0.39 is 0 Å². The van der Waals surface area contributed by atoms with Gasteiger partial charge in [-0.1, -0.05) is 11.6 Å². The van der Waals surface area contributed by atoms with Crippen molar-refractivity contribution in [1.82, 2.24) is 10.3 Å². The molecule has 1 amide bonds. The Kier molecular flexibility index (Phi) is 4.67. The predicted octanol–water partition coefficient (Wildman–Crippen LogP) is 3.37. The van der Waals surface area contributed by atoms with Gasteiger partial charge in [0.05, 0.1) is 0 Å². The molecule has 1 aliphatic heterocycles. The highest BCUT2D eigenvalue weighted by atomic mass is 16.1. The number of nitrogens with one attached hydrogen (secondary N) is 2. The molecule has 0 saturated carbocycles. The number of hydrogen-bond acceptors (Lipinski definition) is 3. The van der Waals surface area contributed by atoms with Crippen LogP contribution in [0.25, 0.3) is 10.9 Å². The maximum Gasteiger partial charge on any atom is 0.253 e. The van der Waals surface area contributed by atoms with Crippen molar-refractivity contribution in [1.29, 1.82) is 0 Å². The lowest BCUT2D eigenvalue weighted by Crippen LogP contribution is -2.26. The van der Waals surface area contributed by atoms with E-state index in [4.69, 9.17) is 0 Å². The fraction of sp³-hybridized carbons (Fsp3) is 0.273. The van der Waals surface area contributed by atoms with E-state index in [0.717, 1.165) is 35.2 Å². The lowest BCUT2D eigenvalue weighted by molar-refractivity contribution is 0.0951. The number of anilines is 1. The van der Waals surface area contributed by atoms with Gasteiger partial charge in [-0.25, -0.2) is 0 Å². The zero-order chi connectivity index (χ0) is 18.8. The van der Waals surface area contributed by atoms with E-state index in [9.17, 15) is 9.59 Å². The van der Waals surface area contributed by atoms with Crippen LogP contribution in [-0.2, 0) is 6.54 Å². The molecular weight excluding hydrogens is 338 g/mol. The van der Waals surface area contributed by atoms with E-state index in [0.29, 0.717) is 11.1 Å². The lowest BCUT2D eigenvalue weighted by Gasteiger charge is -2.17. The Morgan fingerprint density at radius 1 is 1.07 bits per heavy atom. The summed E-state index contributed by atoms with van der Waals surface area (Å²) in [5, 5.41) is 3.82. The molecule has 5 nitrogen and oxygen atoms in total. The molecule has 0 atom stereocenters. The summed E-state index contributed by atoms with van der Waals surface area (Å²) in [7, 11) is 0. The summed E-state index contributed by atoms with van der Waals surface area (Å²) in [6, 6.07) is 15.4. The van der Waals surface area contributed by atoms with E-state index >= 15 is 0 Å². The van der Waals surface area contributed by atoms with Crippen molar-refractivity contribution in [3.05, 3.63) is 75.6 Å². The fourth-order valence-corrected chi connectivity index (χ4v) is 3.58. The molecule has 0 aliphatic carbocycles. The monoisotopic (exact) mass is 361 g/mol. The molecule has 3 aromatic rings. The third-order valence-electron chi connectivity index (χ3n) is 5.12. The highest BCUT2D eigenvalue weighted by Crippen LogP contribution is 2.20. The topological polar surface area (TPSA) is 65.2 Å². The van der Waals surface area contributed by atoms with Crippen molar-refractivity contribution in [3.8, 4) is 0 Å². The highest BCUT2D eigenvalue weighted by Gasteiger charge is 2.13. The van der Waals surface area contributed by atoms with E-state index in [1.54, 1.807) is 0 Å². The third-order valence-corrected chi connectivity index (χ3v) is 5.12. The van der Waals surface area contributed by atoms with Crippen LogP contribution in [-0.4, -0.2) is 24.0 Å². The Morgan fingerprint density at radius 3 is 2.56 bits per heavy atom. The molecular formula is C22H23N3O2. The summed E-state index contributed by atoms with van der Waals surface area (Å²) in [5.41, 5.74) is 4.07. The van der Waals surface area contributed by atoms with E-state index in [1.165, 1.54) is 12.8 Å². The van der Waals surface area contributed by atoms with Crippen LogP contribution in [0.4, 0.5) is 5.69 Å². The molecule has 5 heteroatoms. The van der Waals surface area contributed by atoms with Crippen LogP contribution in [0.2, 0.25) is 0 Å². The minimum atomic E-state index is -0.174. The van der Waals surface area contributed by atoms with Gasteiger partial charge in [0.15, 0.2) is 0 Å². The number of fused-ring (bicyclic) bond motifs is 1. The zero-order valence-corrected chi connectivity index (χ0v) is 15.4. The van der Waals surface area contributed by atoms with E-state index in [2.05, 4.69) is 15.2 Å². The summed E-state index contributed by atoms with van der Waals surface area (Å²) in [5.74, 6) is -0.174. The van der Waals surface area contributed by atoms with Gasteiger partial charge in [0, 0.05) is 42.0 Å². The van der Waals surface area contributed by atoms with Crippen molar-refractivity contribution in [2.45, 2.75) is 26.3 Å². The van der Waals surface area contributed by atoms with Gasteiger partial charge in [-0.05, 0) is 67.6 Å². The Labute approximate surface area is 158 Å². The molecule has 27 heavy (non-hydrogen) atoms. The van der Waals surface area contributed by atoms with Crippen LogP contribution in [0, 0.1) is 6.92 Å². The predicted molar refractivity (Wildman–Crippen MR) is 108 cm³/mol. The number of rotatable bonds is 4. The maximum absolute atomic E-state index is 12.4. The number of benzene rings is 2. The third kappa shape index (κ3) is 3.72. The summed E-state index contributed by atoms with van der Waals surface area (Å²) < 4.78 is 0. The first-order chi connectivity index (χ1) is 13.1. The van der Waals surface area contributed by atoms with Crippen LogP contribution >= 0.6 is 0 Å². The summed E-state index contributed by atoms with van der Waals surface area (Å²) >= 11 is 0. The highest BCUT2D eigenvalue weighted by molar-refractivity contribution is 5.94. The molecule has 138 valence electrons. The largest absolute Gasteiger partial charge is 0.372 e. The Morgan fingerprint density at radius 2 is 1.81 bits per heavy atom. The summed E-state index contributed by atoms with van der Waals surface area (Å²) in [6.07, 6.45) is 2.45. The number of H-pyrrole nitrogens is 1. The van der Waals surface area contributed by atoms with Crippen molar-refractivity contribution in [2.75, 3.05) is 18.0 Å². The van der Waals surface area contributed by atoms with Crippen molar-refractivity contribution in [2.24, 2.45) is 0 Å². The van der Waals surface area contributed by atoms with Gasteiger partial charge in [0.25, 0.3) is 11.5 Å². The molecule has 4 rings (SSSR count). The molecule has 2 heterocycles. The second-order valence-electron chi connectivity index (χ2n) is 7.14. The molecule has 2 aromatic carbocycles. The van der Waals surface area contributed by atoms with Crippen LogP contribution in [0.1, 0.15) is 34.3 Å². The number of carbonyl (C=O) groups excluding carboxylic acids is 1. The number of nitrogens with zero attached hydrogens (tertiary/aromatic N) is 1. The van der Waals surface area contributed by atoms with Crippen LogP contribution < -0.4 is 15.8 Å².